The average Bonchev–Trinajstić information content (AvgIpc) is 2.86. The van der Waals surface area contributed by atoms with Crippen molar-refractivity contribution in [3.05, 3.63) is 39.7 Å². The Morgan fingerprint density at radius 3 is 2.81 bits per heavy atom. The van der Waals surface area contributed by atoms with E-state index in [-0.39, 0.29) is 0 Å². The van der Waals surface area contributed by atoms with Gasteiger partial charge in [0.15, 0.2) is 5.79 Å². The Bertz CT molecular complexity index is 546. The third kappa shape index (κ3) is 3.04. The fraction of sp³-hybridized carbons (Fsp3) is 0.571. The molecule has 0 N–H and O–H groups in total. The lowest BCUT2D eigenvalue weighted by Crippen LogP contribution is -2.48. The summed E-state index contributed by atoms with van der Waals surface area (Å²) >= 11 is 0. The van der Waals surface area contributed by atoms with Crippen molar-refractivity contribution < 1.29 is 18.8 Å². The lowest BCUT2D eigenvalue weighted by molar-refractivity contribution is -0.387. The zero-order valence-electron chi connectivity index (χ0n) is 11.6. The van der Waals surface area contributed by atoms with E-state index in [9.17, 15) is 14.5 Å². The van der Waals surface area contributed by atoms with Gasteiger partial charge in [-0.15, -0.1) is 0 Å². The van der Waals surface area contributed by atoms with Crippen molar-refractivity contribution in [2.45, 2.75) is 25.2 Å². The van der Waals surface area contributed by atoms with Crippen LogP contribution >= 0.6 is 0 Å². The van der Waals surface area contributed by atoms with E-state index in [4.69, 9.17) is 9.47 Å². The monoisotopic (exact) mass is 296 g/mol. The molecule has 7 heteroatoms. The molecule has 114 valence electrons. The van der Waals surface area contributed by atoms with Gasteiger partial charge in [0.1, 0.15) is 0 Å². The number of hydrogen-bond acceptors (Lipinski definition) is 5. The van der Waals surface area contributed by atoms with Gasteiger partial charge in [0, 0.05) is 19.0 Å². The second kappa shape index (κ2) is 5.67. The van der Waals surface area contributed by atoms with Crippen LogP contribution in [0.2, 0.25) is 0 Å². The molecule has 1 spiro atoms. The molecule has 0 aromatic heterocycles. The third-order valence-corrected chi connectivity index (χ3v) is 3.93. The van der Waals surface area contributed by atoms with Crippen LogP contribution in [0.5, 0.6) is 0 Å². The number of likely N-dealkylation sites (tertiary alicyclic amines) is 1. The minimum atomic E-state index is -0.794. The molecule has 2 saturated heterocycles. The molecule has 0 saturated carbocycles. The summed E-state index contributed by atoms with van der Waals surface area (Å²) in [5, 5.41) is 10.6. The summed E-state index contributed by atoms with van der Waals surface area (Å²) < 4.78 is 25.0. The minimum absolute atomic E-state index is 0.490. The van der Waals surface area contributed by atoms with Gasteiger partial charge in [-0.3, -0.25) is 15.0 Å². The summed E-state index contributed by atoms with van der Waals surface area (Å²) in [6, 6.07) is 4.04. The van der Waals surface area contributed by atoms with E-state index in [1.165, 1.54) is 12.1 Å². The van der Waals surface area contributed by atoms with Crippen LogP contribution < -0.4 is 0 Å². The summed E-state index contributed by atoms with van der Waals surface area (Å²) in [5.41, 5.74) is 0.226. The molecule has 0 unspecified atom stereocenters. The number of nitro benzene ring substituents is 1. The van der Waals surface area contributed by atoms with Gasteiger partial charge in [0.2, 0.25) is 5.82 Å². The summed E-state index contributed by atoms with van der Waals surface area (Å²) in [6.07, 6.45) is 1.83. The Labute approximate surface area is 121 Å². The number of benzene rings is 1. The van der Waals surface area contributed by atoms with Crippen LogP contribution in [-0.2, 0) is 16.0 Å². The Kier molecular flexibility index (Phi) is 3.88. The highest BCUT2D eigenvalue weighted by Crippen LogP contribution is 2.31. The zero-order valence-corrected chi connectivity index (χ0v) is 11.6. The Morgan fingerprint density at radius 2 is 2.14 bits per heavy atom. The predicted octanol–water partition coefficient (Wildman–Crippen LogP) is 2.07. The molecule has 0 bridgehead atoms. The van der Waals surface area contributed by atoms with Crippen molar-refractivity contribution in [1.82, 2.24) is 4.90 Å². The van der Waals surface area contributed by atoms with Gasteiger partial charge in [-0.1, -0.05) is 6.07 Å². The van der Waals surface area contributed by atoms with Crippen molar-refractivity contribution in [3.8, 4) is 0 Å². The zero-order chi connectivity index (χ0) is 14.9. The van der Waals surface area contributed by atoms with E-state index in [2.05, 4.69) is 4.90 Å². The molecule has 2 fully saturated rings. The average molecular weight is 296 g/mol. The molecule has 0 aliphatic carbocycles. The summed E-state index contributed by atoms with van der Waals surface area (Å²) in [4.78, 5) is 12.0. The third-order valence-electron chi connectivity index (χ3n) is 3.93. The molecule has 2 aliphatic heterocycles. The van der Waals surface area contributed by atoms with Gasteiger partial charge < -0.3 is 9.47 Å². The first-order valence-corrected chi connectivity index (χ1v) is 7.01. The summed E-state index contributed by atoms with van der Waals surface area (Å²) in [7, 11) is 0. The molecule has 0 atom stereocenters. The first kappa shape index (κ1) is 14.4. The molecule has 1 aromatic carbocycles. The minimum Gasteiger partial charge on any atom is -0.346 e. The molecule has 2 heterocycles. The molecule has 6 nitrogen and oxygen atoms in total. The quantitative estimate of drug-likeness (QED) is 0.631. The number of ether oxygens (including phenoxy) is 2. The number of nitro groups is 1. The van der Waals surface area contributed by atoms with Crippen LogP contribution in [0.3, 0.4) is 0 Å². The first-order chi connectivity index (χ1) is 10.1. The second-order valence-corrected chi connectivity index (χ2v) is 5.46. The molecular formula is C14H17FN2O4. The van der Waals surface area contributed by atoms with Crippen LogP contribution in [0.1, 0.15) is 18.4 Å². The van der Waals surface area contributed by atoms with Gasteiger partial charge in [-0.25, -0.2) is 0 Å². The molecule has 1 aromatic rings. The Hall–Kier alpha value is -1.57. The fourth-order valence-corrected chi connectivity index (χ4v) is 2.99. The highest BCUT2D eigenvalue weighted by Gasteiger charge is 2.40. The van der Waals surface area contributed by atoms with Crippen molar-refractivity contribution in [1.29, 1.82) is 0 Å². The van der Waals surface area contributed by atoms with Gasteiger partial charge in [0.05, 0.1) is 24.7 Å². The van der Waals surface area contributed by atoms with Gasteiger partial charge in [-0.2, -0.15) is 4.39 Å². The van der Waals surface area contributed by atoms with Gasteiger partial charge in [-0.05, 0) is 24.6 Å². The highest BCUT2D eigenvalue weighted by molar-refractivity contribution is 5.35. The summed E-state index contributed by atoms with van der Waals surface area (Å²) in [5.74, 6) is -1.31. The van der Waals surface area contributed by atoms with E-state index in [0.717, 1.165) is 19.4 Å². The fourth-order valence-electron chi connectivity index (χ4n) is 2.99. The number of hydrogen-bond donors (Lipinski definition) is 0. The predicted molar refractivity (Wildman–Crippen MR) is 72.2 cm³/mol. The molecule has 21 heavy (non-hydrogen) atoms. The molecular weight excluding hydrogens is 279 g/mol. The molecule has 3 rings (SSSR count). The van der Waals surface area contributed by atoms with Crippen LogP contribution in [0.4, 0.5) is 10.1 Å². The van der Waals surface area contributed by atoms with Gasteiger partial charge in [0.25, 0.3) is 0 Å². The highest BCUT2D eigenvalue weighted by atomic mass is 19.1. The van der Waals surface area contributed by atoms with E-state index in [0.29, 0.717) is 31.9 Å². The second-order valence-electron chi connectivity index (χ2n) is 5.46. The van der Waals surface area contributed by atoms with Crippen LogP contribution in [0, 0.1) is 15.9 Å². The Morgan fingerprint density at radius 1 is 1.38 bits per heavy atom. The number of piperidine rings is 1. The van der Waals surface area contributed by atoms with Crippen LogP contribution in [0.25, 0.3) is 0 Å². The van der Waals surface area contributed by atoms with E-state index >= 15 is 0 Å². The van der Waals surface area contributed by atoms with Crippen LogP contribution in [-0.4, -0.2) is 41.9 Å². The maximum atomic E-state index is 13.6. The molecule has 0 radical (unpaired) electrons. The molecule has 2 aliphatic rings. The lowest BCUT2D eigenvalue weighted by atomic mass is 10.0. The number of nitrogens with zero attached hydrogens (tertiary/aromatic N) is 2. The molecule has 0 amide bonds. The normalized spacial score (nSPS) is 21.8. The first-order valence-electron chi connectivity index (χ1n) is 7.01. The maximum absolute atomic E-state index is 13.6. The summed E-state index contributed by atoms with van der Waals surface area (Å²) in [6.45, 7) is 3.28. The topological polar surface area (TPSA) is 64.8 Å². The SMILES string of the molecule is O=[N+]([O-])c1ccc(CN2CCCC3(C2)OCCO3)cc1F. The van der Waals surface area contributed by atoms with Crippen molar-refractivity contribution in [2.75, 3.05) is 26.3 Å². The largest absolute Gasteiger partial charge is 0.346 e. The van der Waals surface area contributed by atoms with Crippen LogP contribution in [0.15, 0.2) is 18.2 Å². The van der Waals surface area contributed by atoms with E-state index < -0.39 is 22.2 Å². The maximum Gasteiger partial charge on any atom is 0.304 e. The van der Waals surface area contributed by atoms with Crippen molar-refractivity contribution >= 4 is 5.69 Å². The number of halogens is 1. The van der Waals surface area contributed by atoms with Gasteiger partial charge >= 0.3 is 5.69 Å². The number of rotatable bonds is 3. The standard InChI is InChI=1S/C14H17FN2O4/c15-12-8-11(2-3-13(12)17(18)19)9-16-5-1-4-14(10-16)20-6-7-21-14/h2-3,8H,1,4-7,9-10H2. The van der Waals surface area contributed by atoms with Crippen molar-refractivity contribution in [3.63, 3.8) is 0 Å². The smallest absolute Gasteiger partial charge is 0.304 e. The van der Waals surface area contributed by atoms with E-state index in [1.807, 2.05) is 0 Å². The van der Waals surface area contributed by atoms with E-state index in [1.54, 1.807) is 6.07 Å². The van der Waals surface area contributed by atoms with Crippen molar-refractivity contribution in [2.24, 2.45) is 0 Å². The lowest BCUT2D eigenvalue weighted by Gasteiger charge is -2.38. The Balaban J connectivity index is 1.68.